The van der Waals surface area contributed by atoms with Gasteiger partial charge in [0.1, 0.15) is 0 Å². The molecule has 2 nitrogen and oxygen atoms in total. The van der Waals surface area contributed by atoms with Crippen LogP contribution < -0.4 is 5.73 Å². The Morgan fingerprint density at radius 1 is 1.50 bits per heavy atom. The highest BCUT2D eigenvalue weighted by Crippen LogP contribution is 2.39. The van der Waals surface area contributed by atoms with Gasteiger partial charge in [-0.25, -0.2) is 0 Å². The molecule has 2 atom stereocenters. The van der Waals surface area contributed by atoms with Crippen molar-refractivity contribution in [1.29, 1.82) is 0 Å². The van der Waals surface area contributed by atoms with E-state index in [1.54, 1.807) is 0 Å². The lowest BCUT2D eigenvalue weighted by atomic mass is 9.90. The zero-order valence-corrected chi connectivity index (χ0v) is 12.6. The Kier molecular flexibility index (Phi) is 4.59. The van der Waals surface area contributed by atoms with Crippen LogP contribution in [0.25, 0.3) is 0 Å². The molecule has 4 heteroatoms. The maximum absolute atomic E-state index is 6.24. The molecule has 0 aromatic heterocycles. The average Bonchev–Trinajstić information content (AvgIpc) is 2.74. The van der Waals surface area contributed by atoms with Gasteiger partial charge >= 0.3 is 0 Å². The minimum absolute atomic E-state index is 0.115. The van der Waals surface area contributed by atoms with Crippen molar-refractivity contribution in [3.63, 3.8) is 0 Å². The molecule has 1 saturated heterocycles. The van der Waals surface area contributed by atoms with Gasteiger partial charge in [-0.2, -0.15) is 11.8 Å². The maximum atomic E-state index is 6.24. The van der Waals surface area contributed by atoms with Gasteiger partial charge in [-0.15, -0.1) is 0 Å². The number of thioether (sulfide) groups is 1. The molecule has 0 amide bonds. The third-order valence-electron chi connectivity index (χ3n) is 4.14. The van der Waals surface area contributed by atoms with E-state index in [9.17, 15) is 0 Å². The van der Waals surface area contributed by atoms with Crippen LogP contribution in [-0.4, -0.2) is 35.0 Å². The third-order valence-corrected chi connectivity index (χ3v) is 5.89. The summed E-state index contributed by atoms with van der Waals surface area (Å²) in [4.78, 5) is 2.39. The van der Waals surface area contributed by atoms with Crippen LogP contribution in [0.3, 0.4) is 0 Å². The summed E-state index contributed by atoms with van der Waals surface area (Å²) >= 11 is 8.25. The molecule has 0 radical (unpaired) electrons. The zero-order chi connectivity index (χ0) is 13.2. The SMILES string of the molecule is CC1SCCC1(CN)N(C)Cc1ccccc1Cl. The maximum Gasteiger partial charge on any atom is 0.0455 e. The van der Waals surface area contributed by atoms with Gasteiger partial charge in [0, 0.05) is 28.9 Å². The fourth-order valence-electron chi connectivity index (χ4n) is 2.74. The van der Waals surface area contributed by atoms with E-state index in [0.717, 1.165) is 18.0 Å². The highest BCUT2D eigenvalue weighted by molar-refractivity contribution is 8.00. The van der Waals surface area contributed by atoms with Gasteiger partial charge in [-0.3, -0.25) is 4.90 Å². The third kappa shape index (κ3) is 2.55. The summed E-state index contributed by atoms with van der Waals surface area (Å²) in [6.45, 7) is 3.86. The minimum Gasteiger partial charge on any atom is -0.329 e. The van der Waals surface area contributed by atoms with Crippen LogP contribution in [0.1, 0.15) is 18.9 Å². The number of nitrogens with two attached hydrogens (primary N) is 1. The van der Waals surface area contributed by atoms with Crippen LogP contribution in [0, 0.1) is 0 Å². The first-order valence-electron chi connectivity index (χ1n) is 6.36. The van der Waals surface area contributed by atoms with Crippen LogP contribution in [0.4, 0.5) is 0 Å². The Bertz CT molecular complexity index is 413. The van der Waals surface area contributed by atoms with Crippen LogP contribution in [0.15, 0.2) is 24.3 Å². The molecule has 0 saturated carbocycles. The first kappa shape index (κ1) is 14.2. The van der Waals surface area contributed by atoms with Crippen molar-refractivity contribution in [2.45, 2.75) is 30.7 Å². The zero-order valence-electron chi connectivity index (χ0n) is 11.0. The minimum atomic E-state index is 0.115. The van der Waals surface area contributed by atoms with Gasteiger partial charge in [0.15, 0.2) is 0 Å². The van der Waals surface area contributed by atoms with E-state index < -0.39 is 0 Å². The van der Waals surface area contributed by atoms with Crippen molar-refractivity contribution >= 4 is 23.4 Å². The molecule has 2 rings (SSSR count). The molecule has 2 N–H and O–H groups in total. The normalized spacial score (nSPS) is 27.9. The van der Waals surface area contributed by atoms with E-state index >= 15 is 0 Å². The molecular weight excluding hydrogens is 264 g/mol. The van der Waals surface area contributed by atoms with Crippen molar-refractivity contribution in [1.82, 2.24) is 4.90 Å². The molecule has 1 fully saturated rings. The lowest BCUT2D eigenvalue weighted by Gasteiger charge is -2.41. The van der Waals surface area contributed by atoms with Gasteiger partial charge in [0.2, 0.25) is 0 Å². The van der Waals surface area contributed by atoms with E-state index in [1.165, 1.54) is 11.3 Å². The summed E-state index contributed by atoms with van der Waals surface area (Å²) in [7, 11) is 2.17. The number of nitrogens with zero attached hydrogens (tertiary/aromatic N) is 1. The van der Waals surface area contributed by atoms with E-state index in [-0.39, 0.29) is 5.54 Å². The largest absolute Gasteiger partial charge is 0.329 e. The van der Waals surface area contributed by atoms with E-state index in [2.05, 4.69) is 24.9 Å². The van der Waals surface area contributed by atoms with E-state index in [0.29, 0.717) is 11.8 Å². The number of rotatable bonds is 4. The summed E-state index contributed by atoms with van der Waals surface area (Å²) in [5, 5.41) is 1.42. The lowest BCUT2D eigenvalue weighted by molar-refractivity contribution is 0.122. The molecule has 1 aromatic carbocycles. The smallest absolute Gasteiger partial charge is 0.0455 e. The van der Waals surface area contributed by atoms with E-state index in [1.807, 2.05) is 30.0 Å². The van der Waals surface area contributed by atoms with Crippen LogP contribution in [-0.2, 0) is 6.54 Å². The van der Waals surface area contributed by atoms with Crippen molar-refractivity contribution in [2.75, 3.05) is 19.3 Å². The Morgan fingerprint density at radius 3 is 2.78 bits per heavy atom. The summed E-state index contributed by atoms with van der Waals surface area (Å²) in [6.07, 6.45) is 1.16. The summed E-state index contributed by atoms with van der Waals surface area (Å²) < 4.78 is 0. The first-order valence-corrected chi connectivity index (χ1v) is 7.79. The molecule has 1 aliphatic heterocycles. The van der Waals surface area contributed by atoms with Crippen molar-refractivity contribution in [3.8, 4) is 0 Å². The van der Waals surface area contributed by atoms with Crippen molar-refractivity contribution < 1.29 is 0 Å². The molecule has 0 bridgehead atoms. The fourth-order valence-corrected chi connectivity index (χ4v) is 4.46. The Hall–Kier alpha value is -0.220. The summed E-state index contributed by atoms with van der Waals surface area (Å²) in [6, 6.07) is 8.05. The molecule has 2 unspecified atom stereocenters. The van der Waals surface area contributed by atoms with Crippen LogP contribution in [0.2, 0.25) is 5.02 Å². The Balaban J connectivity index is 2.16. The first-order chi connectivity index (χ1) is 8.60. The molecule has 1 aliphatic rings. The quantitative estimate of drug-likeness (QED) is 0.922. The Morgan fingerprint density at radius 2 is 2.22 bits per heavy atom. The van der Waals surface area contributed by atoms with Crippen LogP contribution >= 0.6 is 23.4 Å². The molecule has 1 aromatic rings. The number of halogens is 1. The van der Waals surface area contributed by atoms with Gasteiger partial charge in [-0.05, 0) is 30.9 Å². The van der Waals surface area contributed by atoms with Gasteiger partial charge in [-0.1, -0.05) is 36.7 Å². The monoisotopic (exact) mass is 284 g/mol. The number of benzene rings is 1. The Labute approximate surface area is 119 Å². The summed E-state index contributed by atoms with van der Waals surface area (Å²) in [5.41, 5.74) is 7.36. The lowest BCUT2D eigenvalue weighted by Crippen LogP contribution is -2.55. The highest BCUT2D eigenvalue weighted by atomic mass is 35.5. The number of hydrogen-bond donors (Lipinski definition) is 1. The number of likely N-dealkylation sites (N-methyl/N-ethyl adjacent to an activating group) is 1. The topological polar surface area (TPSA) is 29.3 Å². The van der Waals surface area contributed by atoms with Crippen molar-refractivity contribution in [2.24, 2.45) is 5.73 Å². The average molecular weight is 285 g/mol. The van der Waals surface area contributed by atoms with Gasteiger partial charge in [0.05, 0.1) is 0 Å². The van der Waals surface area contributed by atoms with Crippen molar-refractivity contribution in [3.05, 3.63) is 34.9 Å². The second kappa shape index (κ2) is 5.83. The standard InChI is InChI=1S/C14H21ClN2S/c1-11-14(10-16,7-8-18-11)17(2)9-12-5-3-4-6-13(12)15/h3-6,11H,7-10,16H2,1-2H3. The molecule has 0 spiro atoms. The summed E-state index contributed by atoms with van der Waals surface area (Å²) in [5.74, 6) is 1.20. The molecule has 18 heavy (non-hydrogen) atoms. The van der Waals surface area contributed by atoms with Crippen LogP contribution in [0.5, 0.6) is 0 Å². The highest BCUT2D eigenvalue weighted by Gasteiger charge is 2.43. The van der Waals surface area contributed by atoms with Gasteiger partial charge < -0.3 is 5.73 Å². The second-order valence-electron chi connectivity index (χ2n) is 5.02. The van der Waals surface area contributed by atoms with E-state index in [4.69, 9.17) is 17.3 Å². The predicted octanol–water partition coefficient (Wildman–Crippen LogP) is 2.99. The van der Waals surface area contributed by atoms with Gasteiger partial charge in [0.25, 0.3) is 0 Å². The molecule has 1 heterocycles. The molecular formula is C14H21ClN2S. The molecule has 100 valence electrons. The predicted molar refractivity (Wildman–Crippen MR) is 81.2 cm³/mol. The second-order valence-corrected chi connectivity index (χ2v) is 6.87. The fraction of sp³-hybridized carbons (Fsp3) is 0.571. The number of hydrogen-bond acceptors (Lipinski definition) is 3. The molecule has 0 aliphatic carbocycles.